The van der Waals surface area contributed by atoms with Crippen LogP contribution in [0.3, 0.4) is 0 Å². The van der Waals surface area contributed by atoms with Crippen LogP contribution in [-0.4, -0.2) is 33.5 Å². The molecule has 0 radical (unpaired) electrons. The Kier molecular flexibility index (Phi) is 5.63. The summed E-state index contributed by atoms with van der Waals surface area (Å²) in [5.74, 6) is 1.13. The molecule has 15 heavy (non-hydrogen) atoms. The van der Waals surface area contributed by atoms with Crippen molar-refractivity contribution >= 4 is 27.7 Å². The van der Waals surface area contributed by atoms with Crippen molar-refractivity contribution in [2.75, 3.05) is 18.6 Å². The third-order valence-electron chi connectivity index (χ3n) is 2.22. The first-order chi connectivity index (χ1) is 7.20. The van der Waals surface area contributed by atoms with Gasteiger partial charge >= 0.3 is 0 Å². The number of aromatic nitrogens is 3. The van der Waals surface area contributed by atoms with E-state index >= 15 is 0 Å². The molecule has 0 spiro atoms. The highest BCUT2D eigenvalue weighted by Gasteiger charge is 2.18. The molecule has 0 aromatic carbocycles. The van der Waals surface area contributed by atoms with Gasteiger partial charge in [-0.15, -0.1) is 5.10 Å². The normalized spacial score (nSPS) is 13.1. The lowest BCUT2D eigenvalue weighted by Crippen LogP contribution is -2.24. The van der Waals surface area contributed by atoms with Crippen LogP contribution in [0.1, 0.15) is 25.1 Å². The maximum absolute atomic E-state index is 4.01. The Bertz CT molecular complexity index is 283. The molecule has 1 aromatic rings. The van der Waals surface area contributed by atoms with Crippen LogP contribution in [0.4, 0.5) is 0 Å². The second-order valence-electron chi connectivity index (χ2n) is 3.28. The van der Waals surface area contributed by atoms with E-state index in [2.05, 4.69) is 44.7 Å². The summed E-state index contributed by atoms with van der Waals surface area (Å²) in [5.41, 5.74) is 1.13. The maximum Gasteiger partial charge on any atom is 0.153 e. The number of hydrogen-bond donors (Lipinski definition) is 1. The molecular weight excluding hydrogens is 276 g/mol. The fourth-order valence-electron chi connectivity index (χ4n) is 1.53. The maximum atomic E-state index is 4.01. The van der Waals surface area contributed by atoms with Gasteiger partial charge in [0.2, 0.25) is 0 Å². The molecule has 1 rings (SSSR count). The molecule has 0 amide bonds. The predicted molar refractivity (Wildman–Crippen MR) is 68.1 cm³/mol. The molecule has 6 heteroatoms. The highest BCUT2D eigenvalue weighted by molar-refractivity contribution is 9.10. The van der Waals surface area contributed by atoms with E-state index in [1.54, 1.807) is 0 Å². The zero-order valence-electron chi connectivity index (χ0n) is 9.33. The minimum Gasteiger partial charge on any atom is -0.309 e. The van der Waals surface area contributed by atoms with Gasteiger partial charge in [-0.1, -0.05) is 12.1 Å². The van der Waals surface area contributed by atoms with E-state index < -0.39 is 0 Å². The SMILES string of the molecule is CCNC(CCSC)c1c(Br)nnn1C. The Morgan fingerprint density at radius 2 is 2.33 bits per heavy atom. The number of hydrogen-bond acceptors (Lipinski definition) is 4. The van der Waals surface area contributed by atoms with Gasteiger partial charge in [0, 0.05) is 7.05 Å². The summed E-state index contributed by atoms with van der Waals surface area (Å²) in [6, 6.07) is 0.330. The van der Waals surface area contributed by atoms with Gasteiger partial charge in [0.25, 0.3) is 0 Å². The Morgan fingerprint density at radius 3 is 2.80 bits per heavy atom. The summed E-state index contributed by atoms with van der Waals surface area (Å²) in [6.45, 7) is 3.07. The van der Waals surface area contributed by atoms with Crippen LogP contribution in [0.5, 0.6) is 0 Å². The van der Waals surface area contributed by atoms with Crippen molar-refractivity contribution in [1.82, 2.24) is 20.3 Å². The van der Waals surface area contributed by atoms with Gasteiger partial charge in [0.1, 0.15) is 0 Å². The standard InChI is InChI=1S/C9H17BrN4S/c1-4-11-7(5-6-15-3)8-9(10)12-13-14(8)2/h7,11H,4-6H2,1-3H3. The molecular formula is C9H17BrN4S. The lowest BCUT2D eigenvalue weighted by molar-refractivity contribution is 0.498. The highest BCUT2D eigenvalue weighted by atomic mass is 79.9. The van der Waals surface area contributed by atoms with Gasteiger partial charge in [-0.3, -0.25) is 0 Å². The molecule has 0 bridgehead atoms. The van der Waals surface area contributed by atoms with Gasteiger partial charge in [0.15, 0.2) is 4.60 Å². The summed E-state index contributed by atoms with van der Waals surface area (Å²) in [6.07, 6.45) is 3.22. The van der Waals surface area contributed by atoms with Crippen molar-refractivity contribution in [3.05, 3.63) is 10.3 Å². The first kappa shape index (κ1) is 13.0. The molecule has 1 heterocycles. The van der Waals surface area contributed by atoms with Crippen LogP contribution < -0.4 is 5.32 Å². The summed E-state index contributed by atoms with van der Waals surface area (Å²) < 4.78 is 2.68. The van der Waals surface area contributed by atoms with E-state index in [0.717, 1.165) is 29.0 Å². The molecule has 0 aliphatic carbocycles. The van der Waals surface area contributed by atoms with E-state index in [0.29, 0.717) is 6.04 Å². The van der Waals surface area contributed by atoms with Crippen LogP contribution in [0.25, 0.3) is 0 Å². The van der Waals surface area contributed by atoms with Gasteiger partial charge in [-0.2, -0.15) is 11.8 Å². The topological polar surface area (TPSA) is 42.7 Å². The molecule has 1 N–H and O–H groups in total. The van der Waals surface area contributed by atoms with Crippen LogP contribution >= 0.6 is 27.7 Å². The van der Waals surface area contributed by atoms with E-state index in [1.165, 1.54) is 0 Å². The van der Waals surface area contributed by atoms with E-state index in [9.17, 15) is 0 Å². The minimum absolute atomic E-state index is 0.330. The second kappa shape index (κ2) is 6.50. The molecule has 1 aromatic heterocycles. The Morgan fingerprint density at radius 1 is 1.60 bits per heavy atom. The van der Waals surface area contributed by atoms with Crippen LogP contribution in [-0.2, 0) is 7.05 Å². The molecule has 0 aliphatic heterocycles. The molecule has 0 saturated heterocycles. The minimum atomic E-state index is 0.330. The van der Waals surface area contributed by atoms with Crippen molar-refractivity contribution in [2.24, 2.45) is 7.05 Å². The zero-order chi connectivity index (χ0) is 11.3. The molecule has 1 unspecified atom stereocenters. The average Bonchev–Trinajstić information content (AvgIpc) is 2.54. The Labute approximate surface area is 103 Å². The smallest absolute Gasteiger partial charge is 0.153 e. The summed E-state index contributed by atoms with van der Waals surface area (Å²) in [7, 11) is 1.93. The number of aryl methyl sites for hydroxylation is 1. The number of nitrogens with zero attached hydrogens (tertiary/aromatic N) is 3. The predicted octanol–water partition coefficient (Wildman–Crippen LogP) is 1.98. The van der Waals surface area contributed by atoms with E-state index in [4.69, 9.17) is 0 Å². The molecule has 4 nitrogen and oxygen atoms in total. The van der Waals surface area contributed by atoms with Gasteiger partial charge < -0.3 is 5.32 Å². The van der Waals surface area contributed by atoms with Gasteiger partial charge in [-0.25, -0.2) is 4.68 Å². The quantitative estimate of drug-likeness (QED) is 0.871. The van der Waals surface area contributed by atoms with E-state index in [1.807, 2.05) is 23.5 Å². The van der Waals surface area contributed by atoms with Crippen LogP contribution in [0.2, 0.25) is 0 Å². The third-order valence-corrected chi connectivity index (χ3v) is 3.43. The number of halogens is 1. The van der Waals surface area contributed by atoms with E-state index in [-0.39, 0.29) is 0 Å². The van der Waals surface area contributed by atoms with Crippen molar-refractivity contribution < 1.29 is 0 Å². The second-order valence-corrected chi connectivity index (χ2v) is 5.02. The van der Waals surface area contributed by atoms with Gasteiger partial charge in [0.05, 0.1) is 11.7 Å². The average molecular weight is 293 g/mol. The van der Waals surface area contributed by atoms with Crippen molar-refractivity contribution in [2.45, 2.75) is 19.4 Å². The summed E-state index contributed by atoms with van der Waals surface area (Å²) >= 11 is 5.30. The largest absolute Gasteiger partial charge is 0.309 e. The first-order valence-electron chi connectivity index (χ1n) is 4.98. The Balaban J connectivity index is 2.78. The van der Waals surface area contributed by atoms with Crippen molar-refractivity contribution in [3.8, 4) is 0 Å². The van der Waals surface area contributed by atoms with Crippen molar-refractivity contribution in [3.63, 3.8) is 0 Å². The molecule has 0 aliphatic rings. The molecule has 0 fully saturated rings. The fourth-order valence-corrected chi connectivity index (χ4v) is 2.60. The zero-order valence-corrected chi connectivity index (χ0v) is 11.7. The number of nitrogens with one attached hydrogen (secondary N) is 1. The van der Waals surface area contributed by atoms with Crippen LogP contribution in [0.15, 0.2) is 4.60 Å². The fraction of sp³-hybridized carbons (Fsp3) is 0.778. The Hall–Kier alpha value is -0.0700. The first-order valence-corrected chi connectivity index (χ1v) is 7.16. The molecule has 86 valence electrons. The number of rotatable bonds is 6. The molecule has 0 saturated carbocycles. The lowest BCUT2D eigenvalue weighted by atomic mass is 10.1. The van der Waals surface area contributed by atoms with Crippen molar-refractivity contribution in [1.29, 1.82) is 0 Å². The third kappa shape index (κ3) is 3.46. The lowest BCUT2D eigenvalue weighted by Gasteiger charge is -2.17. The summed E-state index contributed by atoms with van der Waals surface area (Å²) in [5, 5.41) is 11.5. The molecule has 1 atom stereocenters. The summed E-state index contributed by atoms with van der Waals surface area (Å²) in [4.78, 5) is 0. The monoisotopic (exact) mass is 292 g/mol. The van der Waals surface area contributed by atoms with Crippen LogP contribution in [0, 0.1) is 0 Å². The number of thioether (sulfide) groups is 1. The highest BCUT2D eigenvalue weighted by Crippen LogP contribution is 2.23. The van der Waals surface area contributed by atoms with Gasteiger partial charge in [-0.05, 0) is 40.9 Å².